The first-order valence-corrected chi connectivity index (χ1v) is 11.2. The van der Waals surface area contributed by atoms with Crippen LogP contribution in [0.4, 0.5) is 5.95 Å². The molecular weight excluding hydrogens is 396 g/mol. The summed E-state index contributed by atoms with van der Waals surface area (Å²) < 4.78 is 17.0. The van der Waals surface area contributed by atoms with Gasteiger partial charge in [0.15, 0.2) is 11.5 Å². The van der Waals surface area contributed by atoms with Crippen molar-refractivity contribution in [3.63, 3.8) is 0 Å². The zero-order valence-corrected chi connectivity index (χ0v) is 17.9. The highest BCUT2D eigenvalue weighted by atomic mass is 16.7. The molecule has 0 amide bonds. The molecule has 4 atom stereocenters. The number of hydrogen-bond acceptors (Lipinski definition) is 8. The van der Waals surface area contributed by atoms with E-state index < -0.39 is 6.10 Å². The lowest BCUT2D eigenvalue weighted by Crippen LogP contribution is -2.42. The molecule has 2 aliphatic heterocycles. The Morgan fingerprint density at radius 1 is 1.13 bits per heavy atom. The molecule has 1 saturated heterocycles. The van der Waals surface area contributed by atoms with E-state index in [1.807, 2.05) is 30.6 Å². The second kappa shape index (κ2) is 8.88. The fraction of sp³-hybridized carbons (Fsp3) is 0.565. The van der Waals surface area contributed by atoms with Crippen molar-refractivity contribution in [2.75, 3.05) is 31.7 Å². The minimum atomic E-state index is -0.459. The monoisotopic (exact) mass is 426 g/mol. The molecule has 8 heteroatoms. The lowest BCUT2D eigenvalue weighted by Gasteiger charge is -2.35. The summed E-state index contributed by atoms with van der Waals surface area (Å²) in [5.41, 5.74) is 1.12. The summed E-state index contributed by atoms with van der Waals surface area (Å²) >= 11 is 0. The third-order valence-electron chi connectivity index (χ3n) is 6.44. The van der Waals surface area contributed by atoms with Gasteiger partial charge in [-0.15, -0.1) is 0 Å². The molecule has 2 aromatic rings. The van der Waals surface area contributed by atoms with Gasteiger partial charge in [-0.1, -0.05) is 6.92 Å². The van der Waals surface area contributed by atoms with Crippen LogP contribution >= 0.6 is 0 Å². The van der Waals surface area contributed by atoms with Crippen LogP contribution in [0.25, 0.3) is 0 Å². The molecule has 1 saturated carbocycles. The molecule has 1 aliphatic carbocycles. The van der Waals surface area contributed by atoms with Crippen LogP contribution in [-0.2, 0) is 6.54 Å². The average molecular weight is 427 g/mol. The van der Waals surface area contributed by atoms with Gasteiger partial charge in [0.1, 0.15) is 11.9 Å². The lowest BCUT2D eigenvalue weighted by molar-refractivity contribution is -0.0232. The zero-order chi connectivity index (χ0) is 21.2. The summed E-state index contributed by atoms with van der Waals surface area (Å²) in [7, 11) is 0. The Kier molecular flexibility index (Phi) is 5.82. The van der Waals surface area contributed by atoms with Gasteiger partial charge in [0.25, 0.3) is 0 Å². The summed E-state index contributed by atoms with van der Waals surface area (Å²) in [6, 6.07) is 5.59. The number of rotatable bonds is 7. The van der Waals surface area contributed by atoms with Gasteiger partial charge in [0, 0.05) is 50.2 Å². The van der Waals surface area contributed by atoms with E-state index in [0.717, 1.165) is 62.5 Å². The fourth-order valence-electron chi connectivity index (χ4n) is 4.89. The van der Waals surface area contributed by atoms with Crippen LogP contribution in [0.3, 0.4) is 0 Å². The van der Waals surface area contributed by atoms with E-state index in [0.29, 0.717) is 23.5 Å². The zero-order valence-electron chi connectivity index (χ0n) is 17.9. The van der Waals surface area contributed by atoms with Crippen LogP contribution in [0.15, 0.2) is 30.6 Å². The van der Waals surface area contributed by atoms with Crippen molar-refractivity contribution in [3.05, 3.63) is 36.2 Å². The number of aliphatic hydroxyl groups excluding tert-OH is 1. The van der Waals surface area contributed by atoms with Gasteiger partial charge < -0.3 is 24.6 Å². The number of aromatic nitrogens is 2. The van der Waals surface area contributed by atoms with Crippen LogP contribution in [0.2, 0.25) is 0 Å². The summed E-state index contributed by atoms with van der Waals surface area (Å²) in [5, 5.41) is 13.9. The van der Waals surface area contributed by atoms with Crippen molar-refractivity contribution in [1.29, 1.82) is 0 Å². The molecule has 166 valence electrons. The molecule has 1 aromatic carbocycles. The molecule has 0 spiro atoms. The van der Waals surface area contributed by atoms with Gasteiger partial charge in [-0.2, -0.15) is 0 Å². The molecule has 0 unspecified atom stereocenters. The third kappa shape index (κ3) is 4.55. The van der Waals surface area contributed by atoms with Gasteiger partial charge in [0.05, 0.1) is 6.10 Å². The number of anilines is 1. The van der Waals surface area contributed by atoms with E-state index in [-0.39, 0.29) is 12.9 Å². The summed E-state index contributed by atoms with van der Waals surface area (Å²) in [6.07, 6.45) is 5.83. The summed E-state index contributed by atoms with van der Waals surface area (Å²) in [5.74, 6) is 3.86. The topological polar surface area (TPSA) is 89.0 Å². The molecule has 31 heavy (non-hydrogen) atoms. The van der Waals surface area contributed by atoms with Gasteiger partial charge in [-0.3, -0.25) is 4.90 Å². The Morgan fingerprint density at radius 3 is 2.71 bits per heavy atom. The molecular formula is C23H30N4O4. The highest BCUT2D eigenvalue weighted by Crippen LogP contribution is 2.40. The standard InChI is InChI=1S/C23H30N4O4/c1-2-5-24-23-25-9-15(10-26-23)11-27-12-16-6-19(28)21(7-17(16)13-27)31-18-3-4-20-22(8-18)30-14-29-20/h3-4,8-10,16-17,19,21,28H,2,5-7,11-14H2,1H3,(H,24,25,26)/t16-,17+,19+,21+/m0/s1. The Labute approximate surface area is 182 Å². The summed E-state index contributed by atoms with van der Waals surface area (Å²) in [4.78, 5) is 11.3. The fourth-order valence-corrected chi connectivity index (χ4v) is 4.89. The predicted octanol–water partition coefficient (Wildman–Crippen LogP) is 2.68. The van der Waals surface area contributed by atoms with Crippen LogP contribution in [-0.4, -0.2) is 58.6 Å². The van der Waals surface area contributed by atoms with E-state index in [1.54, 1.807) is 0 Å². The van der Waals surface area contributed by atoms with E-state index >= 15 is 0 Å². The third-order valence-corrected chi connectivity index (χ3v) is 6.44. The molecule has 8 nitrogen and oxygen atoms in total. The predicted molar refractivity (Wildman–Crippen MR) is 115 cm³/mol. The molecule has 3 aliphatic rings. The van der Waals surface area contributed by atoms with E-state index in [4.69, 9.17) is 14.2 Å². The molecule has 3 heterocycles. The van der Waals surface area contributed by atoms with Crippen LogP contribution < -0.4 is 19.5 Å². The van der Waals surface area contributed by atoms with Crippen molar-refractivity contribution in [2.45, 2.75) is 44.9 Å². The maximum absolute atomic E-state index is 10.7. The maximum Gasteiger partial charge on any atom is 0.231 e. The minimum Gasteiger partial charge on any atom is -0.488 e. The van der Waals surface area contributed by atoms with E-state index in [9.17, 15) is 5.11 Å². The van der Waals surface area contributed by atoms with Crippen molar-refractivity contribution < 1.29 is 19.3 Å². The minimum absolute atomic E-state index is 0.200. The van der Waals surface area contributed by atoms with Crippen LogP contribution in [0.5, 0.6) is 17.2 Å². The van der Waals surface area contributed by atoms with Gasteiger partial charge in [-0.25, -0.2) is 9.97 Å². The second-order valence-electron chi connectivity index (χ2n) is 8.77. The Hall–Kier alpha value is -2.58. The first kappa shape index (κ1) is 20.3. The number of nitrogens with zero attached hydrogens (tertiary/aromatic N) is 3. The van der Waals surface area contributed by atoms with Crippen molar-refractivity contribution in [2.24, 2.45) is 11.8 Å². The molecule has 0 bridgehead atoms. The van der Waals surface area contributed by atoms with Crippen LogP contribution in [0, 0.1) is 11.8 Å². The molecule has 2 N–H and O–H groups in total. The number of fused-ring (bicyclic) bond motifs is 2. The number of nitrogens with one attached hydrogen (secondary N) is 1. The van der Waals surface area contributed by atoms with Crippen molar-refractivity contribution >= 4 is 5.95 Å². The normalized spacial score (nSPS) is 27.2. The SMILES string of the molecule is CCCNc1ncc(CN2C[C@H]3C[C@@H](Oc4ccc5c(c4)OCO5)[C@H](O)C[C@H]3C2)cn1. The average Bonchev–Trinajstić information content (AvgIpc) is 3.39. The lowest BCUT2D eigenvalue weighted by atomic mass is 9.78. The van der Waals surface area contributed by atoms with Gasteiger partial charge in [0.2, 0.25) is 12.7 Å². The number of likely N-dealkylation sites (tertiary alicyclic amines) is 1. The Morgan fingerprint density at radius 2 is 1.90 bits per heavy atom. The van der Waals surface area contributed by atoms with Crippen molar-refractivity contribution in [1.82, 2.24) is 14.9 Å². The number of ether oxygens (including phenoxy) is 3. The highest BCUT2D eigenvalue weighted by Gasteiger charge is 2.42. The maximum atomic E-state index is 10.7. The molecule has 1 aromatic heterocycles. The highest BCUT2D eigenvalue weighted by molar-refractivity contribution is 5.47. The van der Waals surface area contributed by atoms with E-state index in [1.165, 1.54) is 0 Å². The smallest absolute Gasteiger partial charge is 0.231 e. The molecule has 5 rings (SSSR count). The van der Waals surface area contributed by atoms with E-state index in [2.05, 4.69) is 27.1 Å². The second-order valence-corrected chi connectivity index (χ2v) is 8.77. The largest absolute Gasteiger partial charge is 0.488 e. The number of benzene rings is 1. The molecule has 2 fully saturated rings. The molecule has 0 radical (unpaired) electrons. The van der Waals surface area contributed by atoms with Crippen LogP contribution in [0.1, 0.15) is 31.7 Å². The Balaban J connectivity index is 1.17. The van der Waals surface area contributed by atoms with Gasteiger partial charge >= 0.3 is 0 Å². The van der Waals surface area contributed by atoms with Gasteiger partial charge in [-0.05, 0) is 43.2 Å². The van der Waals surface area contributed by atoms with Crippen molar-refractivity contribution in [3.8, 4) is 17.2 Å². The quantitative estimate of drug-likeness (QED) is 0.699. The number of aliphatic hydroxyl groups is 1. The summed E-state index contributed by atoms with van der Waals surface area (Å²) in [6.45, 7) is 6.09. The number of hydrogen-bond donors (Lipinski definition) is 2. The Bertz CT molecular complexity index is 894. The first-order valence-electron chi connectivity index (χ1n) is 11.2. The first-order chi connectivity index (χ1) is 15.2.